The summed E-state index contributed by atoms with van der Waals surface area (Å²) < 4.78 is 15.8. The topological polar surface area (TPSA) is 77.1 Å². The van der Waals surface area contributed by atoms with E-state index >= 15 is 0 Å². The van der Waals surface area contributed by atoms with Crippen LogP contribution in [0, 0.1) is 0 Å². The molecule has 0 aliphatic carbocycles. The highest BCUT2D eigenvalue weighted by atomic mass is 16.5. The molecule has 0 bridgehead atoms. The summed E-state index contributed by atoms with van der Waals surface area (Å²) in [6.07, 6.45) is 3.06. The Hall–Kier alpha value is -2.28. The van der Waals surface area contributed by atoms with Gasteiger partial charge in [-0.25, -0.2) is 0 Å². The quantitative estimate of drug-likeness (QED) is 0.805. The summed E-state index contributed by atoms with van der Waals surface area (Å²) in [4.78, 5) is 27.3. The fraction of sp³-hybridized carbons (Fsp3) is 0.579. The minimum Gasteiger partial charge on any atom is -0.493 e. The zero-order valence-corrected chi connectivity index (χ0v) is 16.0. The highest BCUT2D eigenvalue weighted by Gasteiger charge is 2.25. The summed E-state index contributed by atoms with van der Waals surface area (Å²) in [5.41, 5.74) is 0.794. The van der Waals surface area contributed by atoms with Crippen LogP contribution >= 0.6 is 0 Å². The number of likely N-dealkylation sites (tertiary alicyclic amines) is 1. The van der Waals surface area contributed by atoms with E-state index < -0.39 is 6.10 Å². The molecule has 26 heavy (non-hydrogen) atoms. The number of anilines is 1. The molecule has 1 fully saturated rings. The van der Waals surface area contributed by atoms with Gasteiger partial charge in [-0.1, -0.05) is 6.92 Å². The minimum atomic E-state index is -0.582. The highest BCUT2D eigenvalue weighted by molar-refractivity contribution is 6.05. The van der Waals surface area contributed by atoms with Crippen LogP contribution in [-0.2, 0) is 9.53 Å². The molecule has 0 saturated carbocycles. The third-order valence-electron chi connectivity index (χ3n) is 4.60. The van der Waals surface area contributed by atoms with Crippen molar-refractivity contribution in [2.24, 2.45) is 0 Å². The smallest absolute Gasteiger partial charge is 0.256 e. The summed E-state index contributed by atoms with van der Waals surface area (Å²) in [6.45, 7) is 3.30. The van der Waals surface area contributed by atoms with Crippen LogP contribution in [0.1, 0.15) is 43.0 Å². The Kier molecular flexibility index (Phi) is 7.26. The van der Waals surface area contributed by atoms with Gasteiger partial charge in [0.15, 0.2) is 11.5 Å². The second-order valence-electron chi connectivity index (χ2n) is 6.23. The zero-order valence-electron chi connectivity index (χ0n) is 16.0. The first-order valence-corrected chi connectivity index (χ1v) is 8.94. The molecule has 1 aliphatic heterocycles. The first-order valence-electron chi connectivity index (χ1n) is 8.94. The summed E-state index contributed by atoms with van der Waals surface area (Å²) in [6, 6.07) is 3.25. The van der Waals surface area contributed by atoms with Gasteiger partial charge in [0.1, 0.15) is 6.10 Å². The van der Waals surface area contributed by atoms with Crippen molar-refractivity contribution in [2.45, 2.75) is 38.7 Å². The fourth-order valence-electron chi connectivity index (χ4n) is 3.10. The average molecular weight is 364 g/mol. The summed E-state index contributed by atoms with van der Waals surface area (Å²) in [5, 5.41) is 2.81. The average Bonchev–Trinajstić information content (AvgIpc) is 2.68. The summed E-state index contributed by atoms with van der Waals surface area (Å²) >= 11 is 0. The molecule has 1 aliphatic rings. The predicted octanol–water partition coefficient (Wildman–Crippen LogP) is 2.69. The van der Waals surface area contributed by atoms with Crippen molar-refractivity contribution in [3.8, 4) is 11.5 Å². The third-order valence-corrected chi connectivity index (χ3v) is 4.60. The molecule has 7 heteroatoms. The van der Waals surface area contributed by atoms with Gasteiger partial charge >= 0.3 is 0 Å². The fourth-order valence-corrected chi connectivity index (χ4v) is 3.10. The summed E-state index contributed by atoms with van der Waals surface area (Å²) in [5.74, 6) is 0.481. The van der Waals surface area contributed by atoms with Gasteiger partial charge in [0.05, 0.1) is 25.5 Å². The lowest BCUT2D eigenvalue weighted by Crippen LogP contribution is -2.36. The molecule has 0 radical (unpaired) electrons. The van der Waals surface area contributed by atoms with E-state index in [9.17, 15) is 9.59 Å². The van der Waals surface area contributed by atoms with Gasteiger partial charge in [-0.3, -0.25) is 9.59 Å². The lowest BCUT2D eigenvalue weighted by Gasteiger charge is -2.28. The number of carbonyl (C=O) groups is 2. The van der Waals surface area contributed by atoms with Crippen molar-refractivity contribution in [3.05, 3.63) is 17.7 Å². The minimum absolute atomic E-state index is 0.119. The second-order valence-corrected chi connectivity index (χ2v) is 6.23. The molecule has 1 atom stereocenters. The number of hydrogen-bond donors (Lipinski definition) is 1. The molecule has 2 amide bonds. The number of amides is 2. The van der Waals surface area contributed by atoms with Crippen molar-refractivity contribution in [1.82, 2.24) is 4.90 Å². The van der Waals surface area contributed by atoms with Gasteiger partial charge in [-0.05, 0) is 31.7 Å². The zero-order chi connectivity index (χ0) is 19.1. The first-order chi connectivity index (χ1) is 12.5. The molecule has 2 rings (SSSR count). The van der Waals surface area contributed by atoms with Crippen molar-refractivity contribution in [2.75, 3.05) is 39.7 Å². The second kappa shape index (κ2) is 9.43. The maximum absolute atomic E-state index is 13.0. The van der Waals surface area contributed by atoms with E-state index in [1.54, 1.807) is 12.1 Å². The summed E-state index contributed by atoms with van der Waals surface area (Å²) in [7, 11) is 4.52. The van der Waals surface area contributed by atoms with Crippen LogP contribution in [-0.4, -0.2) is 57.2 Å². The number of hydrogen-bond acceptors (Lipinski definition) is 5. The van der Waals surface area contributed by atoms with Crippen LogP contribution in [0.5, 0.6) is 11.5 Å². The van der Waals surface area contributed by atoms with Crippen LogP contribution in [0.15, 0.2) is 12.1 Å². The monoisotopic (exact) mass is 364 g/mol. The van der Waals surface area contributed by atoms with Crippen LogP contribution in [0.4, 0.5) is 5.69 Å². The number of rotatable bonds is 7. The van der Waals surface area contributed by atoms with E-state index in [0.29, 0.717) is 29.2 Å². The van der Waals surface area contributed by atoms with E-state index in [2.05, 4.69) is 5.32 Å². The molecule has 1 unspecified atom stereocenters. The first kappa shape index (κ1) is 20.0. The maximum atomic E-state index is 13.0. The molecule has 1 saturated heterocycles. The van der Waals surface area contributed by atoms with Gasteiger partial charge in [0, 0.05) is 26.3 Å². The molecule has 0 spiro atoms. The predicted molar refractivity (Wildman–Crippen MR) is 99.0 cm³/mol. The van der Waals surface area contributed by atoms with Crippen molar-refractivity contribution >= 4 is 17.5 Å². The Bertz CT molecular complexity index is 637. The number of carbonyl (C=O) groups excluding carboxylic acids is 2. The van der Waals surface area contributed by atoms with Gasteiger partial charge in [-0.2, -0.15) is 0 Å². The van der Waals surface area contributed by atoms with Crippen LogP contribution in [0.2, 0.25) is 0 Å². The molecule has 1 N–H and O–H groups in total. The molecule has 144 valence electrons. The van der Waals surface area contributed by atoms with E-state index in [1.807, 2.05) is 11.8 Å². The lowest BCUT2D eigenvalue weighted by molar-refractivity contribution is -0.125. The Balaban J connectivity index is 2.39. The Morgan fingerprint density at radius 1 is 1.08 bits per heavy atom. The van der Waals surface area contributed by atoms with Crippen molar-refractivity contribution in [3.63, 3.8) is 0 Å². The van der Waals surface area contributed by atoms with Crippen LogP contribution in [0.25, 0.3) is 0 Å². The lowest BCUT2D eigenvalue weighted by atomic mass is 10.1. The number of nitrogens with zero attached hydrogens (tertiary/aromatic N) is 1. The number of ether oxygens (including phenoxy) is 3. The third kappa shape index (κ3) is 4.46. The molecule has 7 nitrogen and oxygen atoms in total. The Morgan fingerprint density at radius 3 is 2.23 bits per heavy atom. The van der Waals surface area contributed by atoms with Crippen molar-refractivity contribution < 1.29 is 23.8 Å². The van der Waals surface area contributed by atoms with E-state index in [1.165, 1.54) is 21.3 Å². The molecular weight excluding hydrogens is 336 g/mol. The highest BCUT2D eigenvalue weighted by Crippen LogP contribution is 2.34. The Labute approximate surface area is 154 Å². The van der Waals surface area contributed by atoms with E-state index in [4.69, 9.17) is 14.2 Å². The molecule has 1 heterocycles. The van der Waals surface area contributed by atoms with Gasteiger partial charge in [-0.15, -0.1) is 0 Å². The molecule has 1 aromatic carbocycles. The molecule has 1 aromatic rings. The Morgan fingerprint density at radius 2 is 1.69 bits per heavy atom. The maximum Gasteiger partial charge on any atom is 0.256 e. The standard InChI is InChI=1S/C19H28N2O5/c1-5-15(24-2)18(22)20-14-12-17(26-4)16(25-3)11-13(14)19(23)21-9-7-6-8-10-21/h11-12,15H,5-10H2,1-4H3,(H,20,22). The number of piperidine rings is 1. The van der Waals surface area contributed by atoms with Crippen molar-refractivity contribution in [1.29, 1.82) is 0 Å². The number of nitrogens with one attached hydrogen (secondary N) is 1. The van der Waals surface area contributed by atoms with Crippen LogP contribution < -0.4 is 14.8 Å². The van der Waals surface area contributed by atoms with Gasteiger partial charge in [0.25, 0.3) is 11.8 Å². The number of benzene rings is 1. The molecular formula is C19H28N2O5. The van der Waals surface area contributed by atoms with Gasteiger partial charge < -0.3 is 24.4 Å². The van der Waals surface area contributed by atoms with E-state index in [0.717, 1.165) is 32.4 Å². The van der Waals surface area contributed by atoms with Crippen LogP contribution in [0.3, 0.4) is 0 Å². The molecule has 0 aromatic heterocycles. The normalized spacial score (nSPS) is 15.3. The van der Waals surface area contributed by atoms with Gasteiger partial charge in [0.2, 0.25) is 0 Å². The number of methoxy groups -OCH3 is 3. The van der Waals surface area contributed by atoms with E-state index in [-0.39, 0.29) is 11.8 Å². The largest absolute Gasteiger partial charge is 0.493 e. The SMILES string of the molecule is CCC(OC)C(=O)Nc1cc(OC)c(OC)cc1C(=O)N1CCCCC1.